The van der Waals surface area contributed by atoms with E-state index < -0.39 is 0 Å². The van der Waals surface area contributed by atoms with Gasteiger partial charge in [0.05, 0.1) is 12.7 Å². The largest absolute Gasteiger partial charge is 0.350 e. The first-order valence-electron chi connectivity index (χ1n) is 6.14. The highest BCUT2D eigenvalue weighted by atomic mass is 16.7. The van der Waals surface area contributed by atoms with Crippen LogP contribution in [0.4, 0.5) is 0 Å². The Morgan fingerprint density at radius 2 is 2.00 bits per heavy atom. The van der Waals surface area contributed by atoms with Gasteiger partial charge in [-0.1, -0.05) is 23.3 Å². The van der Waals surface area contributed by atoms with Gasteiger partial charge in [0.15, 0.2) is 6.29 Å². The molecule has 0 N–H and O–H groups in total. The first kappa shape index (κ1) is 13.5. The van der Waals surface area contributed by atoms with E-state index in [-0.39, 0.29) is 12.4 Å². The Morgan fingerprint density at radius 1 is 1.25 bits per heavy atom. The SMILES string of the molecule is CC(C)=CCC/C(C)=C/CC1OCC(C)O1. The summed E-state index contributed by atoms with van der Waals surface area (Å²) in [5, 5.41) is 0. The second-order valence-corrected chi connectivity index (χ2v) is 4.82. The van der Waals surface area contributed by atoms with Crippen molar-refractivity contribution >= 4 is 0 Å². The Hall–Kier alpha value is -0.600. The molecule has 0 aromatic rings. The molecule has 0 aromatic heterocycles. The lowest BCUT2D eigenvalue weighted by atomic mass is 10.1. The summed E-state index contributed by atoms with van der Waals surface area (Å²) in [7, 11) is 0. The monoisotopic (exact) mass is 224 g/mol. The molecule has 92 valence electrons. The minimum Gasteiger partial charge on any atom is -0.350 e. The highest BCUT2D eigenvalue weighted by molar-refractivity contribution is 5.02. The Labute approximate surface area is 99.3 Å². The van der Waals surface area contributed by atoms with Gasteiger partial charge in [-0.05, 0) is 40.5 Å². The van der Waals surface area contributed by atoms with Gasteiger partial charge in [-0.25, -0.2) is 0 Å². The molecule has 0 amide bonds. The zero-order valence-electron chi connectivity index (χ0n) is 11.0. The second-order valence-electron chi connectivity index (χ2n) is 4.82. The summed E-state index contributed by atoms with van der Waals surface area (Å²) in [4.78, 5) is 0. The van der Waals surface area contributed by atoms with Gasteiger partial charge in [0.2, 0.25) is 0 Å². The van der Waals surface area contributed by atoms with Gasteiger partial charge in [-0.15, -0.1) is 0 Å². The molecule has 2 nitrogen and oxygen atoms in total. The minimum atomic E-state index is -0.0200. The molecule has 0 bridgehead atoms. The molecule has 2 unspecified atom stereocenters. The molecule has 0 spiro atoms. The first-order chi connectivity index (χ1) is 7.58. The fourth-order valence-electron chi connectivity index (χ4n) is 1.69. The van der Waals surface area contributed by atoms with Gasteiger partial charge in [-0.2, -0.15) is 0 Å². The fourth-order valence-corrected chi connectivity index (χ4v) is 1.69. The smallest absolute Gasteiger partial charge is 0.161 e. The van der Waals surface area contributed by atoms with Crippen molar-refractivity contribution in [1.82, 2.24) is 0 Å². The summed E-state index contributed by atoms with van der Waals surface area (Å²) in [6.07, 6.45) is 7.90. The van der Waals surface area contributed by atoms with E-state index >= 15 is 0 Å². The van der Waals surface area contributed by atoms with Crippen molar-refractivity contribution in [2.24, 2.45) is 0 Å². The number of hydrogen-bond donors (Lipinski definition) is 0. The zero-order chi connectivity index (χ0) is 12.0. The molecule has 0 aliphatic carbocycles. The maximum Gasteiger partial charge on any atom is 0.161 e. The van der Waals surface area contributed by atoms with E-state index in [0.717, 1.165) is 25.9 Å². The Kier molecular flexibility index (Phi) is 5.78. The van der Waals surface area contributed by atoms with Gasteiger partial charge in [0, 0.05) is 6.42 Å². The molecule has 1 heterocycles. The van der Waals surface area contributed by atoms with Crippen LogP contribution < -0.4 is 0 Å². The summed E-state index contributed by atoms with van der Waals surface area (Å²) >= 11 is 0. The van der Waals surface area contributed by atoms with Crippen molar-refractivity contribution in [3.05, 3.63) is 23.3 Å². The van der Waals surface area contributed by atoms with E-state index in [1.165, 1.54) is 11.1 Å². The summed E-state index contributed by atoms with van der Waals surface area (Å²) in [6.45, 7) is 9.24. The van der Waals surface area contributed by atoms with E-state index in [1.807, 2.05) is 6.92 Å². The minimum absolute atomic E-state index is 0.0200. The van der Waals surface area contributed by atoms with Crippen LogP contribution in [0.5, 0.6) is 0 Å². The van der Waals surface area contributed by atoms with Crippen molar-refractivity contribution in [2.45, 2.75) is 59.4 Å². The third kappa shape index (κ3) is 5.47. The van der Waals surface area contributed by atoms with Crippen LogP contribution in [-0.2, 0) is 9.47 Å². The molecular weight excluding hydrogens is 200 g/mol. The molecule has 1 fully saturated rings. The third-order valence-electron chi connectivity index (χ3n) is 2.65. The van der Waals surface area contributed by atoms with Gasteiger partial charge >= 0.3 is 0 Å². The predicted octanol–water partition coefficient (Wildman–Crippen LogP) is 3.83. The highest BCUT2D eigenvalue weighted by Gasteiger charge is 2.20. The average Bonchev–Trinajstić information content (AvgIpc) is 2.61. The van der Waals surface area contributed by atoms with Crippen molar-refractivity contribution in [3.8, 4) is 0 Å². The number of allylic oxidation sites excluding steroid dienone is 3. The van der Waals surface area contributed by atoms with E-state index in [4.69, 9.17) is 9.47 Å². The molecule has 16 heavy (non-hydrogen) atoms. The van der Waals surface area contributed by atoms with Crippen LogP contribution in [0.2, 0.25) is 0 Å². The summed E-state index contributed by atoms with van der Waals surface area (Å²) in [6, 6.07) is 0. The van der Waals surface area contributed by atoms with Crippen molar-refractivity contribution < 1.29 is 9.47 Å². The molecule has 0 saturated carbocycles. The quantitative estimate of drug-likeness (QED) is 0.661. The van der Waals surface area contributed by atoms with Crippen LogP contribution >= 0.6 is 0 Å². The van der Waals surface area contributed by atoms with E-state index in [9.17, 15) is 0 Å². The van der Waals surface area contributed by atoms with Gasteiger partial charge in [0.1, 0.15) is 0 Å². The van der Waals surface area contributed by atoms with Gasteiger partial charge in [-0.3, -0.25) is 0 Å². The van der Waals surface area contributed by atoms with Crippen LogP contribution in [0.3, 0.4) is 0 Å². The molecule has 1 rings (SSSR count). The Balaban J connectivity index is 2.20. The normalized spacial score (nSPS) is 25.9. The Bertz CT molecular complexity index is 262. The van der Waals surface area contributed by atoms with Gasteiger partial charge in [0.25, 0.3) is 0 Å². The fraction of sp³-hybridized carbons (Fsp3) is 0.714. The summed E-state index contributed by atoms with van der Waals surface area (Å²) in [5.74, 6) is 0. The van der Waals surface area contributed by atoms with Crippen molar-refractivity contribution in [1.29, 1.82) is 0 Å². The second kappa shape index (κ2) is 6.87. The molecule has 0 radical (unpaired) electrons. The van der Waals surface area contributed by atoms with E-state index in [0.29, 0.717) is 0 Å². The lowest BCUT2D eigenvalue weighted by Gasteiger charge is -2.07. The molecule has 1 saturated heterocycles. The highest BCUT2D eigenvalue weighted by Crippen LogP contribution is 2.16. The maximum absolute atomic E-state index is 5.58. The van der Waals surface area contributed by atoms with Crippen LogP contribution in [0.25, 0.3) is 0 Å². The van der Waals surface area contributed by atoms with Gasteiger partial charge < -0.3 is 9.47 Å². The molecule has 2 heteroatoms. The summed E-state index contributed by atoms with van der Waals surface area (Å²) < 4.78 is 11.1. The average molecular weight is 224 g/mol. The predicted molar refractivity (Wildman–Crippen MR) is 67.3 cm³/mol. The standard InChI is InChI=1S/C14H24O2/c1-11(2)6-5-7-12(3)8-9-14-15-10-13(4)16-14/h6,8,13-14H,5,7,9-10H2,1-4H3/b12-8+. The lowest BCUT2D eigenvalue weighted by Crippen LogP contribution is -2.08. The van der Waals surface area contributed by atoms with Crippen LogP contribution in [0, 0.1) is 0 Å². The van der Waals surface area contributed by atoms with E-state index in [2.05, 4.69) is 32.9 Å². The first-order valence-corrected chi connectivity index (χ1v) is 6.14. The molecular formula is C14H24O2. The maximum atomic E-state index is 5.58. The molecule has 1 aliphatic rings. The number of hydrogen-bond acceptors (Lipinski definition) is 2. The third-order valence-corrected chi connectivity index (χ3v) is 2.65. The lowest BCUT2D eigenvalue weighted by molar-refractivity contribution is -0.0511. The number of rotatable bonds is 5. The molecule has 1 aliphatic heterocycles. The van der Waals surface area contributed by atoms with Crippen molar-refractivity contribution in [2.75, 3.05) is 6.61 Å². The number of ether oxygens (including phenoxy) is 2. The topological polar surface area (TPSA) is 18.5 Å². The summed E-state index contributed by atoms with van der Waals surface area (Å²) in [5.41, 5.74) is 2.81. The van der Waals surface area contributed by atoms with E-state index in [1.54, 1.807) is 0 Å². The van der Waals surface area contributed by atoms with Crippen LogP contribution in [0.15, 0.2) is 23.3 Å². The zero-order valence-corrected chi connectivity index (χ0v) is 11.0. The van der Waals surface area contributed by atoms with Crippen LogP contribution in [0.1, 0.15) is 47.0 Å². The molecule has 0 aromatic carbocycles. The van der Waals surface area contributed by atoms with Crippen LogP contribution in [-0.4, -0.2) is 19.0 Å². The molecule has 2 atom stereocenters. The Morgan fingerprint density at radius 3 is 2.56 bits per heavy atom. The van der Waals surface area contributed by atoms with Crippen molar-refractivity contribution in [3.63, 3.8) is 0 Å².